The van der Waals surface area contributed by atoms with Gasteiger partial charge in [0.15, 0.2) is 0 Å². The number of H-pyrrole nitrogens is 1. The molecular formula is C9H9N3O2. The summed E-state index contributed by atoms with van der Waals surface area (Å²) in [5.41, 5.74) is 2.40. The fourth-order valence-electron chi connectivity index (χ4n) is 1.18. The minimum Gasteiger partial charge on any atom is -0.453 e. The molecule has 0 aliphatic heterocycles. The van der Waals surface area contributed by atoms with Crippen molar-refractivity contribution in [3.05, 3.63) is 24.5 Å². The lowest BCUT2D eigenvalue weighted by molar-refractivity contribution is 0.187. The van der Waals surface area contributed by atoms with Crippen LogP contribution in [0.4, 0.5) is 10.5 Å². The van der Waals surface area contributed by atoms with Crippen LogP contribution < -0.4 is 5.32 Å². The number of hydrogen-bond acceptors (Lipinski definition) is 3. The maximum absolute atomic E-state index is 10.9. The average Bonchev–Trinajstić information content (AvgIpc) is 2.64. The van der Waals surface area contributed by atoms with Gasteiger partial charge in [-0.1, -0.05) is 0 Å². The molecule has 0 fully saturated rings. The Labute approximate surface area is 80.1 Å². The summed E-state index contributed by atoms with van der Waals surface area (Å²) in [6.07, 6.45) is 1.12. The number of ether oxygens (including phenoxy) is 1. The number of amides is 1. The zero-order chi connectivity index (χ0) is 9.97. The first-order valence-electron chi connectivity index (χ1n) is 4.08. The van der Waals surface area contributed by atoms with E-state index in [-0.39, 0.29) is 0 Å². The van der Waals surface area contributed by atoms with Gasteiger partial charge in [-0.15, -0.1) is 0 Å². The second kappa shape index (κ2) is 3.37. The van der Waals surface area contributed by atoms with Crippen LogP contribution in [0.5, 0.6) is 0 Å². The highest BCUT2D eigenvalue weighted by Crippen LogP contribution is 2.15. The standard InChI is InChI=1S/C9H9N3O2/c1-14-9(13)12-6-2-3-7-8(4-6)11-5-10-7/h2-5H,1H3,(H,10,11)(H,12,13). The number of carbonyl (C=O) groups excluding carboxylic acids is 1. The molecule has 0 unspecified atom stereocenters. The summed E-state index contributed by atoms with van der Waals surface area (Å²) in [5, 5.41) is 2.56. The van der Waals surface area contributed by atoms with E-state index in [1.54, 1.807) is 18.5 Å². The summed E-state index contributed by atoms with van der Waals surface area (Å²) in [7, 11) is 1.32. The lowest BCUT2D eigenvalue weighted by Crippen LogP contribution is -2.10. The molecule has 1 amide bonds. The quantitative estimate of drug-likeness (QED) is 0.721. The molecule has 72 valence electrons. The first kappa shape index (κ1) is 8.55. The molecule has 2 aromatic rings. The van der Waals surface area contributed by atoms with Gasteiger partial charge < -0.3 is 9.72 Å². The predicted molar refractivity (Wildman–Crippen MR) is 52.1 cm³/mol. The van der Waals surface area contributed by atoms with Gasteiger partial charge in [-0.3, -0.25) is 5.32 Å². The molecular weight excluding hydrogens is 182 g/mol. The molecule has 2 rings (SSSR count). The van der Waals surface area contributed by atoms with E-state index in [1.165, 1.54) is 7.11 Å². The highest BCUT2D eigenvalue weighted by atomic mass is 16.5. The van der Waals surface area contributed by atoms with Gasteiger partial charge in [0.1, 0.15) is 0 Å². The van der Waals surface area contributed by atoms with Crippen LogP contribution in [0.15, 0.2) is 24.5 Å². The number of hydrogen-bond donors (Lipinski definition) is 2. The fourth-order valence-corrected chi connectivity index (χ4v) is 1.18. The molecule has 0 aliphatic carbocycles. The van der Waals surface area contributed by atoms with E-state index in [9.17, 15) is 4.79 Å². The highest BCUT2D eigenvalue weighted by molar-refractivity contribution is 5.88. The van der Waals surface area contributed by atoms with E-state index in [0.717, 1.165) is 11.0 Å². The summed E-state index contributed by atoms with van der Waals surface area (Å²) in [5.74, 6) is 0. The molecule has 5 nitrogen and oxygen atoms in total. The number of methoxy groups -OCH3 is 1. The molecule has 1 aromatic heterocycles. The van der Waals surface area contributed by atoms with Crippen LogP contribution >= 0.6 is 0 Å². The van der Waals surface area contributed by atoms with Gasteiger partial charge in [-0.25, -0.2) is 9.78 Å². The van der Waals surface area contributed by atoms with Crippen molar-refractivity contribution in [2.24, 2.45) is 0 Å². The minimum absolute atomic E-state index is 0.486. The Balaban J connectivity index is 2.30. The Morgan fingerprint density at radius 1 is 1.57 bits per heavy atom. The van der Waals surface area contributed by atoms with Gasteiger partial charge in [-0.05, 0) is 18.2 Å². The van der Waals surface area contributed by atoms with Gasteiger partial charge in [0, 0.05) is 5.69 Å². The largest absolute Gasteiger partial charge is 0.453 e. The zero-order valence-electron chi connectivity index (χ0n) is 7.57. The van der Waals surface area contributed by atoms with Gasteiger partial charge in [0.05, 0.1) is 24.5 Å². The van der Waals surface area contributed by atoms with Crippen molar-refractivity contribution in [3.8, 4) is 0 Å². The second-order valence-corrected chi connectivity index (χ2v) is 2.75. The van der Waals surface area contributed by atoms with Gasteiger partial charge in [-0.2, -0.15) is 0 Å². The van der Waals surface area contributed by atoms with E-state index in [1.807, 2.05) is 6.07 Å². The number of benzene rings is 1. The molecule has 2 N–H and O–H groups in total. The zero-order valence-corrected chi connectivity index (χ0v) is 7.57. The van der Waals surface area contributed by atoms with Crippen molar-refractivity contribution in [3.63, 3.8) is 0 Å². The molecule has 1 aromatic carbocycles. The molecule has 0 spiro atoms. The number of fused-ring (bicyclic) bond motifs is 1. The van der Waals surface area contributed by atoms with Gasteiger partial charge >= 0.3 is 6.09 Å². The van der Waals surface area contributed by atoms with E-state index in [4.69, 9.17) is 0 Å². The van der Waals surface area contributed by atoms with Crippen molar-refractivity contribution in [2.45, 2.75) is 0 Å². The molecule has 5 heteroatoms. The molecule has 14 heavy (non-hydrogen) atoms. The smallest absolute Gasteiger partial charge is 0.411 e. The Hall–Kier alpha value is -2.04. The molecule has 0 bridgehead atoms. The lowest BCUT2D eigenvalue weighted by Gasteiger charge is -2.02. The predicted octanol–water partition coefficient (Wildman–Crippen LogP) is 1.74. The normalized spacial score (nSPS) is 10.1. The number of imidazole rings is 1. The van der Waals surface area contributed by atoms with Crippen LogP contribution in [0.25, 0.3) is 11.0 Å². The van der Waals surface area contributed by atoms with Gasteiger partial charge in [0.25, 0.3) is 0 Å². The fraction of sp³-hybridized carbons (Fsp3) is 0.111. The first-order valence-corrected chi connectivity index (χ1v) is 4.08. The molecule has 0 radical (unpaired) electrons. The van der Waals surface area contributed by atoms with E-state index in [0.29, 0.717) is 5.69 Å². The highest BCUT2D eigenvalue weighted by Gasteiger charge is 2.02. The van der Waals surface area contributed by atoms with Gasteiger partial charge in [0.2, 0.25) is 0 Å². The number of carbonyl (C=O) groups is 1. The first-order chi connectivity index (χ1) is 6.79. The summed E-state index contributed by atoms with van der Waals surface area (Å²) in [6, 6.07) is 5.38. The van der Waals surface area contributed by atoms with Crippen molar-refractivity contribution in [2.75, 3.05) is 12.4 Å². The summed E-state index contributed by atoms with van der Waals surface area (Å²) in [4.78, 5) is 17.9. The Bertz CT molecular complexity index is 464. The summed E-state index contributed by atoms with van der Waals surface area (Å²) < 4.78 is 4.47. The number of aromatic nitrogens is 2. The number of anilines is 1. The van der Waals surface area contributed by atoms with Crippen LogP contribution in [0.2, 0.25) is 0 Å². The Morgan fingerprint density at radius 2 is 2.43 bits per heavy atom. The van der Waals surface area contributed by atoms with Crippen LogP contribution in [0.3, 0.4) is 0 Å². The summed E-state index contributed by atoms with van der Waals surface area (Å²) in [6.45, 7) is 0. The SMILES string of the molecule is COC(=O)Nc1ccc2[nH]cnc2c1. The monoisotopic (exact) mass is 191 g/mol. The number of nitrogens with zero attached hydrogens (tertiary/aromatic N) is 1. The van der Waals surface area contributed by atoms with Crippen molar-refractivity contribution in [1.29, 1.82) is 0 Å². The molecule has 0 saturated carbocycles. The molecule has 0 aliphatic rings. The van der Waals surface area contributed by atoms with Crippen LogP contribution in [0, 0.1) is 0 Å². The van der Waals surface area contributed by atoms with E-state index in [2.05, 4.69) is 20.0 Å². The van der Waals surface area contributed by atoms with Crippen molar-refractivity contribution in [1.82, 2.24) is 9.97 Å². The average molecular weight is 191 g/mol. The Morgan fingerprint density at radius 3 is 3.21 bits per heavy atom. The second-order valence-electron chi connectivity index (χ2n) is 2.75. The van der Waals surface area contributed by atoms with Crippen LogP contribution in [-0.2, 0) is 4.74 Å². The minimum atomic E-state index is -0.486. The summed E-state index contributed by atoms with van der Waals surface area (Å²) >= 11 is 0. The van der Waals surface area contributed by atoms with E-state index < -0.39 is 6.09 Å². The topological polar surface area (TPSA) is 67.0 Å². The number of rotatable bonds is 1. The van der Waals surface area contributed by atoms with Crippen LogP contribution in [-0.4, -0.2) is 23.2 Å². The molecule has 0 saturated heterocycles. The number of aromatic amines is 1. The number of nitrogens with one attached hydrogen (secondary N) is 2. The molecule has 0 atom stereocenters. The van der Waals surface area contributed by atoms with Crippen molar-refractivity contribution < 1.29 is 9.53 Å². The molecule has 1 heterocycles. The third kappa shape index (κ3) is 1.52. The van der Waals surface area contributed by atoms with Crippen LogP contribution in [0.1, 0.15) is 0 Å². The van der Waals surface area contributed by atoms with Crippen molar-refractivity contribution >= 4 is 22.8 Å². The maximum atomic E-state index is 10.9. The third-order valence-electron chi connectivity index (χ3n) is 1.85. The lowest BCUT2D eigenvalue weighted by atomic mass is 10.3. The Kier molecular flexibility index (Phi) is 2.06. The third-order valence-corrected chi connectivity index (χ3v) is 1.85. The van der Waals surface area contributed by atoms with E-state index >= 15 is 0 Å². The maximum Gasteiger partial charge on any atom is 0.411 e.